The molecule has 0 N–H and O–H groups in total. The minimum Gasteiger partial charge on any atom is -0.269 e. The summed E-state index contributed by atoms with van der Waals surface area (Å²) in [5, 5.41) is -0.0336. The van der Waals surface area contributed by atoms with Crippen molar-refractivity contribution in [3.63, 3.8) is 0 Å². The first-order valence-electron chi connectivity index (χ1n) is 2.81. The number of halogens is 2. The largest absolute Gasteiger partial charge is 0.288 e. The van der Waals surface area contributed by atoms with Crippen molar-refractivity contribution in [2.45, 2.75) is 12.1 Å². The molecule has 1 heterocycles. The molecule has 50 valence electrons. The van der Waals surface area contributed by atoms with Gasteiger partial charge in [0.2, 0.25) is 0 Å². The Hall–Kier alpha value is -0.670. The first kappa shape index (κ1) is 5.14. The van der Waals surface area contributed by atoms with Crippen LogP contribution in [0, 0.1) is 5.92 Å². The molecule has 2 fully saturated rings. The molecule has 4 heteroatoms. The van der Waals surface area contributed by atoms with Gasteiger partial charge in [0, 0.05) is 5.92 Å². The SMILES string of the molecule is O=C1N(F)CC2CC12F. The first-order valence-corrected chi connectivity index (χ1v) is 2.81. The fourth-order valence-electron chi connectivity index (χ4n) is 1.25. The molecule has 1 saturated carbocycles. The molecule has 2 atom stereocenters. The third kappa shape index (κ3) is 0.418. The molecule has 2 rings (SSSR count). The lowest BCUT2D eigenvalue weighted by Gasteiger charge is -2.03. The Labute approximate surface area is 50.4 Å². The lowest BCUT2D eigenvalue weighted by molar-refractivity contribution is -0.148. The van der Waals surface area contributed by atoms with Crippen LogP contribution in [0.2, 0.25) is 0 Å². The van der Waals surface area contributed by atoms with Gasteiger partial charge < -0.3 is 0 Å². The zero-order valence-corrected chi connectivity index (χ0v) is 4.60. The Morgan fingerprint density at radius 1 is 1.78 bits per heavy atom. The number of alkyl halides is 1. The zero-order valence-electron chi connectivity index (χ0n) is 4.60. The second-order valence-corrected chi connectivity index (χ2v) is 2.61. The Bertz CT molecular complexity index is 184. The summed E-state index contributed by atoms with van der Waals surface area (Å²) in [6, 6.07) is 0. The van der Waals surface area contributed by atoms with Crippen LogP contribution in [-0.4, -0.2) is 23.2 Å². The van der Waals surface area contributed by atoms with E-state index < -0.39 is 11.6 Å². The number of nitrogens with zero attached hydrogens (tertiary/aromatic N) is 1. The van der Waals surface area contributed by atoms with Crippen molar-refractivity contribution >= 4 is 5.91 Å². The van der Waals surface area contributed by atoms with Crippen LogP contribution in [0.4, 0.5) is 8.87 Å². The van der Waals surface area contributed by atoms with Gasteiger partial charge in [-0.2, -0.15) is 5.12 Å². The predicted molar refractivity (Wildman–Crippen MR) is 24.8 cm³/mol. The van der Waals surface area contributed by atoms with E-state index in [1.165, 1.54) is 0 Å². The second-order valence-electron chi connectivity index (χ2n) is 2.61. The molecule has 0 aromatic heterocycles. The van der Waals surface area contributed by atoms with Crippen LogP contribution < -0.4 is 0 Å². The molecule has 1 amide bonds. The summed E-state index contributed by atoms with van der Waals surface area (Å²) in [6.07, 6.45) is 0.228. The van der Waals surface area contributed by atoms with E-state index in [2.05, 4.69) is 0 Å². The van der Waals surface area contributed by atoms with E-state index in [1.54, 1.807) is 0 Å². The summed E-state index contributed by atoms with van der Waals surface area (Å²) in [5.74, 6) is -1.33. The number of carbonyl (C=O) groups is 1. The van der Waals surface area contributed by atoms with Crippen molar-refractivity contribution < 1.29 is 13.7 Å². The van der Waals surface area contributed by atoms with Gasteiger partial charge in [0.25, 0.3) is 5.91 Å². The topological polar surface area (TPSA) is 20.3 Å². The Balaban J connectivity index is 2.28. The van der Waals surface area contributed by atoms with Crippen molar-refractivity contribution in [1.82, 2.24) is 5.12 Å². The maximum atomic E-state index is 12.7. The van der Waals surface area contributed by atoms with Gasteiger partial charge in [0.15, 0.2) is 5.67 Å². The molecular formula is C5H5F2NO. The van der Waals surface area contributed by atoms with E-state index in [4.69, 9.17) is 0 Å². The minimum atomic E-state index is -1.80. The van der Waals surface area contributed by atoms with E-state index in [1.807, 2.05) is 0 Å². The molecular weight excluding hydrogens is 128 g/mol. The molecule has 0 aromatic carbocycles. The van der Waals surface area contributed by atoms with Crippen molar-refractivity contribution in [1.29, 1.82) is 0 Å². The van der Waals surface area contributed by atoms with E-state index in [-0.39, 0.29) is 24.0 Å². The van der Waals surface area contributed by atoms with Gasteiger partial charge in [-0.05, 0) is 6.42 Å². The second kappa shape index (κ2) is 1.10. The summed E-state index contributed by atoms with van der Waals surface area (Å²) in [4.78, 5) is 10.4. The highest BCUT2D eigenvalue weighted by atomic mass is 19.2. The molecule has 0 spiro atoms. The predicted octanol–water partition coefficient (Wildman–Crippen LogP) is 0.441. The first-order chi connectivity index (χ1) is 4.14. The normalized spacial score (nSPS) is 47.6. The van der Waals surface area contributed by atoms with Gasteiger partial charge in [-0.3, -0.25) is 4.79 Å². The fourth-order valence-corrected chi connectivity index (χ4v) is 1.25. The molecule has 2 aliphatic rings. The lowest BCUT2D eigenvalue weighted by Crippen LogP contribution is -2.25. The molecule has 2 nitrogen and oxygen atoms in total. The van der Waals surface area contributed by atoms with E-state index in [0.29, 0.717) is 0 Å². The third-order valence-electron chi connectivity index (χ3n) is 1.99. The molecule has 0 aromatic rings. The van der Waals surface area contributed by atoms with Crippen molar-refractivity contribution in [2.75, 3.05) is 6.54 Å². The highest BCUT2D eigenvalue weighted by Crippen LogP contribution is 2.53. The number of piperidine rings is 1. The van der Waals surface area contributed by atoms with Crippen LogP contribution >= 0.6 is 0 Å². The average Bonchev–Trinajstić information content (AvgIpc) is 2.36. The van der Waals surface area contributed by atoms with Gasteiger partial charge in [-0.15, -0.1) is 0 Å². The molecule has 1 saturated heterocycles. The quantitative estimate of drug-likeness (QED) is 0.439. The highest BCUT2D eigenvalue weighted by molar-refractivity contribution is 5.90. The van der Waals surface area contributed by atoms with Crippen LogP contribution in [0.25, 0.3) is 0 Å². The number of hydrogen-bond donors (Lipinski definition) is 0. The number of fused-ring (bicyclic) bond motifs is 1. The summed E-state index contributed by atoms with van der Waals surface area (Å²) >= 11 is 0. The molecule has 0 radical (unpaired) electrons. The van der Waals surface area contributed by atoms with Crippen LogP contribution in [-0.2, 0) is 4.79 Å². The van der Waals surface area contributed by atoms with Gasteiger partial charge in [0.1, 0.15) is 0 Å². The number of rotatable bonds is 0. The van der Waals surface area contributed by atoms with Gasteiger partial charge >= 0.3 is 0 Å². The standard InChI is InChI=1S/C5H5F2NO/c6-5-1-3(5)2-8(7)4(5)9/h3H,1-2H2. The maximum Gasteiger partial charge on any atom is 0.288 e. The van der Waals surface area contributed by atoms with Crippen LogP contribution in [0.1, 0.15) is 6.42 Å². The van der Waals surface area contributed by atoms with Crippen molar-refractivity contribution in [3.8, 4) is 0 Å². The zero-order chi connectivity index (χ0) is 6.65. The summed E-state index contributed by atoms with van der Waals surface area (Å²) in [6.45, 7) is -0.0463. The average molecular weight is 133 g/mol. The summed E-state index contributed by atoms with van der Waals surface area (Å²) < 4.78 is 24.8. The van der Waals surface area contributed by atoms with Gasteiger partial charge in [0.05, 0.1) is 6.54 Å². The molecule has 1 aliphatic carbocycles. The highest BCUT2D eigenvalue weighted by Gasteiger charge is 2.69. The lowest BCUT2D eigenvalue weighted by atomic mass is 10.3. The Kier molecular flexibility index (Phi) is 0.629. The maximum absolute atomic E-state index is 12.7. The number of carbonyl (C=O) groups excluding carboxylic acids is 1. The van der Waals surface area contributed by atoms with Crippen LogP contribution in [0.15, 0.2) is 0 Å². The van der Waals surface area contributed by atoms with E-state index in [9.17, 15) is 13.7 Å². The Morgan fingerprint density at radius 2 is 2.44 bits per heavy atom. The van der Waals surface area contributed by atoms with Crippen molar-refractivity contribution in [2.24, 2.45) is 5.92 Å². The fraction of sp³-hybridized carbons (Fsp3) is 0.800. The minimum absolute atomic E-state index is 0.0336. The van der Waals surface area contributed by atoms with Gasteiger partial charge in [-0.1, -0.05) is 4.48 Å². The molecule has 2 unspecified atom stereocenters. The molecule has 9 heavy (non-hydrogen) atoms. The molecule has 1 aliphatic heterocycles. The van der Waals surface area contributed by atoms with Crippen molar-refractivity contribution in [3.05, 3.63) is 0 Å². The van der Waals surface area contributed by atoms with Crippen LogP contribution in [0.3, 0.4) is 0 Å². The Morgan fingerprint density at radius 3 is 2.67 bits per heavy atom. The third-order valence-corrected chi connectivity index (χ3v) is 1.99. The smallest absolute Gasteiger partial charge is 0.269 e. The molecule has 0 bridgehead atoms. The van der Waals surface area contributed by atoms with E-state index in [0.717, 1.165) is 0 Å². The summed E-state index contributed by atoms with van der Waals surface area (Å²) in [5.41, 5.74) is -1.80. The van der Waals surface area contributed by atoms with Gasteiger partial charge in [-0.25, -0.2) is 4.39 Å². The van der Waals surface area contributed by atoms with Crippen LogP contribution in [0.5, 0.6) is 0 Å². The monoisotopic (exact) mass is 133 g/mol. The number of hydrogen-bond acceptors (Lipinski definition) is 1. The number of amides is 1. The van der Waals surface area contributed by atoms with E-state index >= 15 is 0 Å². The summed E-state index contributed by atoms with van der Waals surface area (Å²) in [7, 11) is 0.